The number of anilines is 2. The first-order valence-electron chi connectivity index (χ1n) is 9.24. The van der Waals surface area contributed by atoms with Crippen molar-refractivity contribution in [2.24, 2.45) is 0 Å². The van der Waals surface area contributed by atoms with Crippen molar-refractivity contribution in [1.29, 1.82) is 0 Å². The van der Waals surface area contributed by atoms with Crippen LogP contribution in [0.25, 0.3) is 0 Å². The molecular weight excluding hydrogens is 474 g/mol. The van der Waals surface area contributed by atoms with Gasteiger partial charge in [-0.15, -0.1) is 0 Å². The van der Waals surface area contributed by atoms with Gasteiger partial charge >= 0.3 is 12.4 Å². The van der Waals surface area contributed by atoms with Crippen LogP contribution >= 0.6 is 0 Å². The van der Waals surface area contributed by atoms with Crippen molar-refractivity contribution < 1.29 is 36.0 Å². The van der Waals surface area contributed by atoms with E-state index >= 15 is 0 Å². The van der Waals surface area contributed by atoms with E-state index in [0.717, 1.165) is 4.57 Å². The maximum atomic E-state index is 13.2. The molecule has 34 heavy (non-hydrogen) atoms. The second-order valence-corrected chi connectivity index (χ2v) is 6.85. The summed E-state index contributed by atoms with van der Waals surface area (Å²) in [5, 5.41) is 13.6. The second-order valence-electron chi connectivity index (χ2n) is 6.85. The molecule has 0 bridgehead atoms. The number of hydrogen-bond donors (Lipinski definition) is 1. The molecule has 0 aliphatic rings. The zero-order valence-electron chi connectivity index (χ0n) is 17.1. The molecule has 2 aromatic carbocycles. The van der Waals surface area contributed by atoms with Gasteiger partial charge in [0.2, 0.25) is 5.95 Å². The molecule has 0 saturated carbocycles. The number of methoxy groups -OCH3 is 1. The molecule has 0 aliphatic carbocycles. The summed E-state index contributed by atoms with van der Waals surface area (Å²) >= 11 is 0. The van der Waals surface area contributed by atoms with Crippen molar-refractivity contribution >= 4 is 17.3 Å². The first kappa shape index (κ1) is 24.5. The molecule has 3 aromatic rings. The first-order valence-corrected chi connectivity index (χ1v) is 9.24. The smallest absolute Gasteiger partial charge is 0.433 e. The van der Waals surface area contributed by atoms with Gasteiger partial charge in [0.05, 0.1) is 24.1 Å². The number of alkyl halides is 6. The second kappa shape index (κ2) is 9.03. The van der Waals surface area contributed by atoms with Crippen LogP contribution in [0.15, 0.2) is 53.3 Å². The van der Waals surface area contributed by atoms with Crippen molar-refractivity contribution in [3.05, 3.63) is 85.8 Å². The SMILES string of the molecule is COc1ccc(Cn2c(Nc3ccc(C(F)(F)F)cc3[N+](=O)[O-])nc(C(F)(F)F)cc2=O)cc1. The summed E-state index contributed by atoms with van der Waals surface area (Å²) < 4.78 is 84.3. The minimum atomic E-state index is -5.03. The van der Waals surface area contributed by atoms with Gasteiger partial charge in [0.25, 0.3) is 11.2 Å². The molecule has 1 heterocycles. The average molecular weight is 488 g/mol. The maximum Gasteiger partial charge on any atom is 0.433 e. The molecule has 0 fully saturated rings. The Balaban J connectivity index is 2.12. The molecule has 1 N–H and O–H groups in total. The number of nitro benzene ring substituents is 1. The van der Waals surface area contributed by atoms with Crippen LogP contribution in [0.4, 0.5) is 43.7 Å². The summed E-state index contributed by atoms with van der Waals surface area (Å²) in [4.78, 5) is 26.1. The highest BCUT2D eigenvalue weighted by molar-refractivity contribution is 5.67. The molecule has 180 valence electrons. The van der Waals surface area contributed by atoms with Crippen molar-refractivity contribution in [2.45, 2.75) is 18.9 Å². The van der Waals surface area contributed by atoms with E-state index in [0.29, 0.717) is 23.4 Å². The lowest BCUT2D eigenvalue weighted by atomic mass is 10.1. The molecule has 0 saturated heterocycles. The van der Waals surface area contributed by atoms with Crippen LogP contribution in [0.1, 0.15) is 16.8 Å². The normalized spacial score (nSPS) is 11.9. The Morgan fingerprint density at radius 3 is 2.21 bits per heavy atom. The van der Waals surface area contributed by atoms with E-state index in [9.17, 15) is 41.3 Å². The van der Waals surface area contributed by atoms with Crippen LogP contribution in [-0.2, 0) is 18.9 Å². The van der Waals surface area contributed by atoms with E-state index < -0.39 is 51.4 Å². The van der Waals surface area contributed by atoms with Gasteiger partial charge in [-0.25, -0.2) is 4.98 Å². The predicted molar refractivity (Wildman–Crippen MR) is 107 cm³/mol. The highest BCUT2D eigenvalue weighted by Crippen LogP contribution is 2.36. The molecule has 0 amide bonds. The Morgan fingerprint density at radius 2 is 1.68 bits per heavy atom. The Bertz CT molecular complexity index is 1270. The van der Waals surface area contributed by atoms with Gasteiger partial charge in [-0.1, -0.05) is 12.1 Å². The summed E-state index contributed by atoms with van der Waals surface area (Å²) in [5.74, 6) is -0.279. The lowest BCUT2D eigenvalue weighted by molar-refractivity contribution is -0.384. The number of nitro groups is 1. The predicted octanol–water partition coefficient (Wildman–Crippen LogP) is 4.99. The fraction of sp³-hybridized carbons (Fsp3) is 0.200. The minimum absolute atomic E-state index is 0.224. The number of hydrogen-bond acceptors (Lipinski definition) is 6. The number of nitrogens with one attached hydrogen (secondary N) is 1. The average Bonchev–Trinajstić information content (AvgIpc) is 2.75. The molecule has 0 aliphatic heterocycles. The molecule has 14 heteroatoms. The molecule has 0 atom stereocenters. The Labute approximate surface area is 186 Å². The third kappa shape index (κ3) is 5.44. The highest BCUT2D eigenvalue weighted by Gasteiger charge is 2.35. The van der Waals surface area contributed by atoms with Gasteiger partial charge in [0.15, 0.2) is 5.69 Å². The van der Waals surface area contributed by atoms with Gasteiger partial charge in [-0.2, -0.15) is 26.3 Å². The highest BCUT2D eigenvalue weighted by atomic mass is 19.4. The molecular formula is C20H14F6N4O4. The fourth-order valence-corrected chi connectivity index (χ4v) is 2.90. The summed E-state index contributed by atoms with van der Waals surface area (Å²) in [5.41, 5.74) is -5.28. The summed E-state index contributed by atoms with van der Waals surface area (Å²) in [6.45, 7) is -0.301. The molecule has 3 rings (SSSR count). The van der Waals surface area contributed by atoms with E-state index in [-0.39, 0.29) is 18.7 Å². The third-order valence-corrected chi connectivity index (χ3v) is 4.57. The minimum Gasteiger partial charge on any atom is -0.497 e. The largest absolute Gasteiger partial charge is 0.497 e. The number of halogens is 6. The summed E-state index contributed by atoms with van der Waals surface area (Å²) in [7, 11) is 1.41. The van der Waals surface area contributed by atoms with Crippen molar-refractivity contribution in [3.8, 4) is 5.75 Å². The quantitative estimate of drug-likeness (QED) is 0.298. The lowest BCUT2D eigenvalue weighted by Gasteiger charge is -2.17. The Morgan fingerprint density at radius 1 is 1.03 bits per heavy atom. The van der Waals surface area contributed by atoms with Gasteiger partial charge < -0.3 is 10.1 Å². The number of nitrogens with zero attached hydrogens (tertiary/aromatic N) is 3. The zero-order chi connectivity index (χ0) is 25.3. The van der Waals surface area contributed by atoms with Gasteiger partial charge in [0, 0.05) is 12.1 Å². The van der Waals surface area contributed by atoms with Crippen LogP contribution in [0, 0.1) is 10.1 Å². The van der Waals surface area contributed by atoms with Crippen molar-refractivity contribution in [1.82, 2.24) is 9.55 Å². The molecule has 0 unspecified atom stereocenters. The van der Waals surface area contributed by atoms with Crippen molar-refractivity contribution in [3.63, 3.8) is 0 Å². The molecule has 1 aromatic heterocycles. The summed E-state index contributed by atoms with van der Waals surface area (Å²) in [6.07, 6.45) is -9.92. The van der Waals surface area contributed by atoms with E-state index in [1.807, 2.05) is 0 Å². The monoisotopic (exact) mass is 488 g/mol. The van der Waals surface area contributed by atoms with Crippen LogP contribution in [0.2, 0.25) is 0 Å². The Hall–Kier alpha value is -4.10. The number of aromatic nitrogens is 2. The van der Waals surface area contributed by atoms with E-state index in [1.54, 1.807) is 0 Å². The number of benzene rings is 2. The maximum absolute atomic E-state index is 13.2. The van der Waals surface area contributed by atoms with Crippen LogP contribution < -0.4 is 15.6 Å². The Kier molecular flexibility index (Phi) is 6.52. The van der Waals surface area contributed by atoms with E-state index in [4.69, 9.17) is 4.74 Å². The standard InChI is InChI=1S/C20H14F6N4O4/c1-34-13-5-2-11(3-6-13)10-29-17(31)9-16(20(24,25)26)28-18(29)27-14-7-4-12(19(21,22)23)8-15(14)30(32)33/h2-9H,10H2,1H3,(H,27,28). The fourth-order valence-electron chi connectivity index (χ4n) is 2.90. The van der Waals surface area contributed by atoms with Gasteiger partial charge in [-0.3, -0.25) is 19.5 Å². The first-order chi connectivity index (χ1) is 15.8. The van der Waals surface area contributed by atoms with E-state index in [2.05, 4.69) is 10.3 Å². The molecule has 0 spiro atoms. The van der Waals surface area contributed by atoms with Crippen LogP contribution in [0.5, 0.6) is 5.75 Å². The number of rotatable bonds is 6. The van der Waals surface area contributed by atoms with Gasteiger partial charge in [0.1, 0.15) is 11.4 Å². The summed E-state index contributed by atoms with van der Waals surface area (Å²) in [6, 6.07) is 7.76. The third-order valence-electron chi connectivity index (χ3n) is 4.57. The molecule has 0 radical (unpaired) electrons. The van der Waals surface area contributed by atoms with Crippen molar-refractivity contribution in [2.75, 3.05) is 12.4 Å². The number of ether oxygens (including phenoxy) is 1. The molecule has 8 nitrogen and oxygen atoms in total. The van der Waals surface area contributed by atoms with Crippen LogP contribution in [0.3, 0.4) is 0 Å². The van der Waals surface area contributed by atoms with Crippen LogP contribution in [-0.4, -0.2) is 21.6 Å². The zero-order valence-corrected chi connectivity index (χ0v) is 17.1. The lowest BCUT2D eigenvalue weighted by Crippen LogP contribution is -2.27. The van der Waals surface area contributed by atoms with Gasteiger partial charge in [-0.05, 0) is 29.8 Å². The van der Waals surface area contributed by atoms with E-state index in [1.165, 1.54) is 31.4 Å². The topological polar surface area (TPSA) is 99.3 Å².